The van der Waals surface area contributed by atoms with Crippen LogP contribution < -0.4 is 0 Å². The molecule has 14 heavy (non-hydrogen) atoms. The van der Waals surface area contributed by atoms with Gasteiger partial charge < -0.3 is 4.74 Å². The zero-order valence-corrected chi connectivity index (χ0v) is 10.4. The average Bonchev–Trinajstić information content (AvgIpc) is 2.60. The molecule has 1 aromatic rings. The van der Waals surface area contributed by atoms with E-state index in [0.717, 1.165) is 16.7 Å². The van der Waals surface area contributed by atoms with Crippen molar-refractivity contribution in [3.05, 3.63) is 17.5 Å². The van der Waals surface area contributed by atoms with Gasteiger partial charge in [0.1, 0.15) is 5.56 Å². The molecule has 0 saturated heterocycles. The van der Waals surface area contributed by atoms with E-state index >= 15 is 0 Å². The Bertz CT molecular complexity index is 323. The van der Waals surface area contributed by atoms with E-state index in [0.29, 0.717) is 12.2 Å². The van der Waals surface area contributed by atoms with Crippen LogP contribution in [0.1, 0.15) is 29.9 Å². The van der Waals surface area contributed by atoms with E-state index in [1.165, 1.54) is 0 Å². The highest BCUT2D eigenvalue weighted by Crippen LogP contribution is 2.14. The third kappa shape index (κ3) is 2.26. The van der Waals surface area contributed by atoms with Crippen molar-refractivity contribution >= 4 is 28.6 Å². The lowest BCUT2D eigenvalue weighted by Gasteiger charge is -2.03. The summed E-state index contributed by atoms with van der Waals surface area (Å²) in [5.74, 6) is -0.279. The van der Waals surface area contributed by atoms with Crippen LogP contribution in [0.3, 0.4) is 0 Å². The number of aromatic nitrogens is 2. The van der Waals surface area contributed by atoms with Crippen molar-refractivity contribution in [2.75, 3.05) is 6.61 Å². The Kier molecular flexibility index (Phi) is 4.37. The van der Waals surface area contributed by atoms with Gasteiger partial charge in [-0.15, -0.1) is 0 Å². The van der Waals surface area contributed by atoms with Gasteiger partial charge in [-0.1, -0.05) is 22.6 Å². The Morgan fingerprint density at radius 2 is 2.36 bits per heavy atom. The molecule has 0 fully saturated rings. The summed E-state index contributed by atoms with van der Waals surface area (Å²) in [6, 6.07) is 0. The maximum absolute atomic E-state index is 11.5. The van der Waals surface area contributed by atoms with Gasteiger partial charge in [0.05, 0.1) is 18.5 Å². The van der Waals surface area contributed by atoms with Crippen LogP contribution in [0.15, 0.2) is 6.20 Å². The number of alkyl halides is 1. The van der Waals surface area contributed by atoms with E-state index in [-0.39, 0.29) is 5.97 Å². The van der Waals surface area contributed by atoms with Gasteiger partial charge in [-0.3, -0.25) is 4.68 Å². The topological polar surface area (TPSA) is 44.1 Å². The van der Waals surface area contributed by atoms with Crippen molar-refractivity contribution < 1.29 is 9.53 Å². The van der Waals surface area contributed by atoms with E-state index in [2.05, 4.69) is 27.7 Å². The zero-order chi connectivity index (χ0) is 10.6. The van der Waals surface area contributed by atoms with Crippen LogP contribution in [-0.4, -0.2) is 22.4 Å². The number of rotatable bonds is 4. The van der Waals surface area contributed by atoms with Crippen molar-refractivity contribution in [3.8, 4) is 0 Å². The molecule has 78 valence electrons. The molecule has 1 aromatic heterocycles. The standard InChI is InChI=1S/C9H13IN2O2/c1-3-12-8(5-10)7(6-11-12)9(13)14-4-2/h6H,3-5H2,1-2H3. The SMILES string of the molecule is CCOC(=O)c1cnn(CC)c1CI. The molecule has 1 heterocycles. The van der Waals surface area contributed by atoms with Gasteiger partial charge in [-0.05, 0) is 13.8 Å². The number of esters is 1. The quantitative estimate of drug-likeness (QED) is 0.485. The predicted octanol–water partition coefficient (Wildman–Crippen LogP) is 2.01. The van der Waals surface area contributed by atoms with Gasteiger partial charge >= 0.3 is 5.97 Å². The highest BCUT2D eigenvalue weighted by Gasteiger charge is 2.16. The van der Waals surface area contributed by atoms with Gasteiger partial charge in [-0.2, -0.15) is 5.10 Å². The normalized spacial score (nSPS) is 10.2. The van der Waals surface area contributed by atoms with Gasteiger partial charge in [0.15, 0.2) is 0 Å². The summed E-state index contributed by atoms with van der Waals surface area (Å²) >= 11 is 2.22. The fraction of sp³-hybridized carbons (Fsp3) is 0.556. The summed E-state index contributed by atoms with van der Waals surface area (Å²) in [5.41, 5.74) is 1.52. The van der Waals surface area contributed by atoms with Crippen LogP contribution in [0.4, 0.5) is 0 Å². The first-order valence-electron chi connectivity index (χ1n) is 4.52. The molecule has 5 heteroatoms. The molecule has 0 aliphatic heterocycles. The molecule has 0 aromatic carbocycles. The first-order valence-corrected chi connectivity index (χ1v) is 6.04. The molecule has 1 rings (SSSR count). The second-order valence-corrected chi connectivity index (χ2v) is 3.44. The summed E-state index contributed by atoms with van der Waals surface area (Å²) in [6.45, 7) is 4.97. The minimum absolute atomic E-state index is 0.279. The second-order valence-electron chi connectivity index (χ2n) is 2.67. The summed E-state index contributed by atoms with van der Waals surface area (Å²) in [6.07, 6.45) is 1.58. The van der Waals surface area contributed by atoms with E-state index in [1.54, 1.807) is 13.1 Å². The molecule has 0 N–H and O–H groups in total. The molecule has 0 unspecified atom stereocenters. The van der Waals surface area contributed by atoms with Gasteiger partial charge in [0.25, 0.3) is 0 Å². The molecule has 0 radical (unpaired) electrons. The molecule has 4 nitrogen and oxygen atoms in total. The van der Waals surface area contributed by atoms with Crippen LogP contribution >= 0.6 is 22.6 Å². The van der Waals surface area contributed by atoms with Crippen LogP contribution in [0.2, 0.25) is 0 Å². The maximum atomic E-state index is 11.5. The Hall–Kier alpha value is -0.590. The monoisotopic (exact) mass is 308 g/mol. The van der Waals surface area contributed by atoms with E-state index in [1.807, 2.05) is 11.6 Å². The summed E-state index contributed by atoms with van der Waals surface area (Å²) in [4.78, 5) is 11.5. The molecule has 0 aliphatic carbocycles. The molecule has 0 aliphatic rings. The van der Waals surface area contributed by atoms with Gasteiger partial charge in [-0.25, -0.2) is 4.79 Å². The largest absolute Gasteiger partial charge is 0.462 e. The molecular formula is C9H13IN2O2. The van der Waals surface area contributed by atoms with E-state index in [4.69, 9.17) is 4.74 Å². The fourth-order valence-electron chi connectivity index (χ4n) is 1.20. The van der Waals surface area contributed by atoms with E-state index < -0.39 is 0 Å². The van der Waals surface area contributed by atoms with Crippen LogP contribution in [0.25, 0.3) is 0 Å². The number of hydrogen-bond donors (Lipinski definition) is 0. The van der Waals surface area contributed by atoms with Crippen molar-refractivity contribution in [3.63, 3.8) is 0 Å². The zero-order valence-electron chi connectivity index (χ0n) is 8.29. The predicted molar refractivity (Wildman–Crippen MR) is 61.6 cm³/mol. The first kappa shape index (κ1) is 11.5. The minimum Gasteiger partial charge on any atom is -0.462 e. The molecule has 0 bridgehead atoms. The van der Waals surface area contributed by atoms with Crippen molar-refractivity contribution in [2.45, 2.75) is 24.8 Å². The van der Waals surface area contributed by atoms with E-state index in [9.17, 15) is 4.79 Å². The highest BCUT2D eigenvalue weighted by atomic mass is 127. The molecule has 0 saturated carbocycles. The summed E-state index contributed by atoms with van der Waals surface area (Å²) in [5, 5.41) is 4.12. The first-order chi connectivity index (χ1) is 6.74. The Balaban J connectivity index is 2.96. The Labute approximate surface area is 96.8 Å². The third-order valence-corrected chi connectivity index (χ3v) is 2.59. The fourth-order valence-corrected chi connectivity index (χ4v) is 2.01. The maximum Gasteiger partial charge on any atom is 0.341 e. The number of carbonyl (C=O) groups is 1. The lowest BCUT2D eigenvalue weighted by atomic mass is 10.3. The number of carbonyl (C=O) groups excluding carboxylic acids is 1. The third-order valence-electron chi connectivity index (χ3n) is 1.87. The summed E-state index contributed by atoms with van der Waals surface area (Å²) in [7, 11) is 0. The Morgan fingerprint density at radius 1 is 1.64 bits per heavy atom. The minimum atomic E-state index is -0.279. The van der Waals surface area contributed by atoms with Crippen LogP contribution in [0, 0.1) is 0 Å². The molecular weight excluding hydrogens is 295 g/mol. The average molecular weight is 308 g/mol. The highest BCUT2D eigenvalue weighted by molar-refractivity contribution is 14.1. The number of nitrogens with zero attached hydrogens (tertiary/aromatic N) is 2. The Morgan fingerprint density at radius 3 is 2.86 bits per heavy atom. The molecule has 0 amide bonds. The molecule has 0 atom stereocenters. The number of hydrogen-bond acceptors (Lipinski definition) is 3. The number of halogens is 1. The molecule has 0 spiro atoms. The summed E-state index contributed by atoms with van der Waals surface area (Å²) < 4.78 is 7.51. The van der Waals surface area contributed by atoms with Gasteiger partial charge in [0, 0.05) is 11.0 Å². The van der Waals surface area contributed by atoms with Crippen molar-refractivity contribution in [1.29, 1.82) is 0 Å². The van der Waals surface area contributed by atoms with Crippen molar-refractivity contribution in [1.82, 2.24) is 9.78 Å². The van der Waals surface area contributed by atoms with Crippen LogP contribution in [-0.2, 0) is 15.7 Å². The van der Waals surface area contributed by atoms with Gasteiger partial charge in [0.2, 0.25) is 0 Å². The number of ether oxygens (including phenoxy) is 1. The lowest BCUT2D eigenvalue weighted by molar-refractivity contribution is 0.0525. The van der Waals surface area contributed by atoms with Crippen LogP contribution in [0.5, 0.6) is 0 Å². The smallest absolute Gasteiger partial charge is 0.341 e. The second kappa shape index (κ2) is 5.33. The number of aryl methyl sites for hydroxylation is 1. The van der Waals surface area contributed by atoms with Crippen molar-refractivity contribution in [2.24, 2.45) is 0 Å². The lowest BCUT2D eigenvalue weighted by Crippen LogP contribution is -2.08.